The minimum atomic E-state index is -0.935. The molecule has 0 bridgehead atoms. The molecule has 0 saturated heterocycles. The number of aryl methyl sites for hydroxylation is 2. The summed E-state index contributed by atoms with van der Waals surface area (Å²) in [6, 6.07) is 3.32. The van der Waals surface area contributed by atoms with Gasteiger partial charge in [0.2, 0.25) is 0 Å². The van der Waals surface area contributed by atoms with Gasteiger partial charge in [-0.25, -0.2) is 9.48 Å². The lowest BCUT2D eigenvalue weighted by molar-refractivity contribution is 0.0696. The Hall–Kier alpha value is -1.91. The molecule has 0 fully saturated rings. The minimum absolute atomic E-state index is 0.276. The quantitative estimate of drug-likeness (QED) is 0.729. The molecule has 2 aromatic rings. The number of aromatic nitrogens is 3. The van der Waals surface area contributed by atoms with Crippen molar-refractivity contribution in [2.75, 3.05) is 0 Å². The molecule has 72 valence electrons. The molecule has 14 heavy (non-hydrogen) atoms. The Balaban J connectivity index is 2.79. The lowest BCUT2D eigenvalue weighted by atomic mass is 10.1. The number of hydrogen-bond acceptors (Lipinski definition) is 3. The number of carboxylic acid groups (broad SMARTS) is 1. The molecule has 1 N–H and O–H groups in total. The maximum atomic E-state index is 10.8. The van der Waals surface area contributed by atoms with Gasteiger partial charge in [-0.2, -0.15) is 0 Å². The number of carbonyl (C=O) groups is 1. The highest BCUT2D eigenvalue weighted by molar-refractivity contribution is 5.94. The molecule has 2 rings (SSSR count). The van der Waals surface area contributed by atoms with E-state index < -0.39 is 5.97 Å². The summed E-state index contributed by atoms with van der Waals surface area (Å²) in [7, 11) is 1.77. The Labute approximate surface area is 80.0 Å². The molecular formula is C9H9N3O2. The molecule has 0 saturated carbocycles. The van der Waals surface area contributed by atoms with Crippen LogP contribution in [0.4, 0.5) is 0 Å². The first-order chi connectivity index (χ1) is 6.59. The fourth-order valence-corrected chi connectivity index (χ4v) is 1.41. The first kappa shape index (κ1) is 8.68. The van der Waals surface area contributed by atoms with E-state index in [2.05, 4.69) is 10.3 Å². The predicted octanol–water partition coefficient (Wildman–Crippen LogP) is 0.975. The third-order valence-corrected chi connectivity index (χ3v) is 2.19. The van der Waals surface area contributed by atoms with E-state index in [0.717, 1.165) is 11.1 Å². The Morgan fingerprint density at radius 2 is 2.21 bits per heavy atom. The van der Waals surface area contributed by atoms with Crippen molar-refractivity contribution in [1.82, 2.24) is 15.0 Å². The fraction of sp³-hybridized carbons (Fsp3) is 0.222. The monoisotopic (exact) mass is 191 g/mol. The minimum Gasteiger partial charge on any atom is -0.478 e. The summed E-state index contributed by atoms with van der Waals surface area (Å²) in [5, 5.41) is 16.5. The number of nitrogens with zero attached hydrogens (tertiary/aromatic N) is 3. The molecule has 0 radical (unpaired) electrons. The molecule has 1 aromatic heterocycles. The Bertz CT molecular complexity index is 516. The van der Waals surface area contributed by atoms with Gasteiger partial charge in [-0.05, 0) is 24.6 Å². The summed E-state index contributed by atoms with van der Waals surface area (Å²) in [5.74, 6) is -0.935. The topological polar surface area (TPSA) is 68.0 Å². The van der Waals surface area contributed by atoms with Crippen LogP contribution in [-0.4, -0.2) is 26.1 Å². The maximum Gasteiger partial charge on any atom is 0.336 e. The van der Waals surface area contributed by atoms with Crippen LogP contribution in [0.25, 0.3) is 11.0 Å². The number of hydrogen-bond donors (Lipinski definition) is 1. The van der Waals surface area contributed by atoms with Crippen molar-refractivity contribution in [1.29, 1.82) is 0 Å². The standard InChI is InChI=1S/C9H9N3O2/c1-5-3-8-7(10-11-12(8)2)4-6(5)9(13)14/h3-4H,1-2H3,(H,13,14). The second-order valence-electron chi connectivity index (χ2n) is 3.17. The molecule has 0 spiro atoms. The van der Waals surface area contributed by atoms with Crippen molar-refractivity contribution in [2.45, 2.75) is 6.92 Å². The zero-order valence-electron chi connectivity index (χ0n) is 7.85. The third-order valence-electron chi connectivity index (χ3n) is 2.19. The van der Waals surface area contributed by atoms with Crippen molar-refractivity contribution in [3.05, 3.63) is 23.3 Å². The van der Waals surface area contributed by atoms with Crippen LogP contribution in [0, 0.1) is 6.92 Å². The van der Waals surface area contributed by atoms with E-state index >= 15 is 0 Å². The lowest BCUT2D eigenvalue weighted by Crippen LogP contribution is -1.99. The summed E-state index contributed by atoms with van der Waals surface area (Å²) >= 11 is 0. The van der Waals surface area contributed by atoms with Gasteiger partial charge in [-0.1, -0.05) is 5.21 Å². The van der Waals surface area contributed by atoms with Gasteiger partial charge in [0, 0.05) is 7.05 Å². The van der Waals surface area contributed by atoms with Gasteiger partial charge in [-0.15, -0.1) is 5.10 Å². The van der Waals surface area contributed by atoms with Gasteiger partial charge in [0.25, 0.3) is 0 Å². The van der Waals surface area contributed by atoms with Gasteiger partial charge < -0.3 is 5.11 Å². The van der Waals surface area contributed by atoms with E-state index in [1.165, 1.54) is 0 Å². The first-order valence-corrected chi connectivity index (χ1v) is 4.13. The van der Waals surface area contributed by atoms with Crippen molar-refractivity contribution in [2.24, 2.45) is 7.05 Å². The summed E-state index contributed by atoms with van der Waals surface area (Å²) in [5.41, 5.74) is 2.44. The molecule has 1 heterocycles. The third kappa shape index (κ3) is 1.14. The molecule has 0 aliphatic heterocycles. The Morgan fingerprint density at radius 3 is 2.86 bits per heavy atom. The SMILES string of the molecule is Cc1cc2c(cc1C(=O)O)nnn2C. The number of fused-ring (bicyclic) bond motifs is 1. The number of carboxylic acids is 1. The summed E-state index contributed by atoms with van der Waals surface area (Å²) in [4.78, 5) is 10.8. The predicted molar refractivity (Wildman–Crippen MR) is 50.2 cm³/mol. The van der Waals surface area contributed by atoms with E-state index in [0.29, 0.717) is 5.52 Å². The molecular weight excluding hydrogens is 182 g/mol. The van der Waals surface area contributed by atoms with Gasteiger partial charge >= 0.3 is 5.97 Å². The lowest BCUT2D eigenvalue weighted by Gasteiger charge is -2.00. The normalized spacial score (nSPS) is 10.7. The zero-order valence-corrected chi connectivity index (χ0v) is 7.85. The van der Waals surface area contributed by atoms with E-state index in [1.807, 2.05) is 0 Å². The smallest absolute Gasteiger partial charge is 0.336 e. The molecule has 5 nitrogen and oxygen atoms in total. The van der Waals surface area contributed by atoms with Crippen LogP contribution in [0.15, 0.2) is 12.1 Å². The van der Waals surface area contributed by atoms with Gasteiger partial charge in [0.15, 0.2) is 0 Å². The molecule has 5 heteroatoms. The van der Waals surface area contributed by atoms with E-state index in [-0.39, 0.29) is 5.56 Å². The highest BCUT2D eigenvalue weighted by atomic mass is 16.4. The first-order valence-electron chi connectivity index (χ1n) is 4.13. The van der Waals surface area contributed by atoms with Crippen LogP contribution in [0.2, 0.25) is 0 Å². The van der Waals surface area contributed by atoms with Crippen LogP contribution >= 0.6 is 0 Å². The molecule has 0 amide bonds. The fourth-order valence-electron chi connectivity index (χ4n) is 1.41. The van der Waals surface area contributed by atoms with Crippen molar-refractivity contribution >= 4 is 17.0 Å². The summed E-state index contributed by atoms with van der Waals surface area (Å²) in [6.45, 7) is 1.76. The number of rotatable bonds is 1. The van der Waals surface area contributed by atoms with E-state index in [4.69, 9.17) is 5.11 Å². The van der Waals surface area contributed by atoms with Crippen molar-refractivity contribution < 1.29 is 9.90 Å². The van der Waals surface area contributed by atoms with Gasteiger partial charge in [-0.3, -0.25) is 0 Å². The van der Waals surface area contributed by atoms with Gasteiger partial charge in [0.1, 0.15) is 5.52 Å². The largest absolute Gasteiger partial charge is 0.478 e. The van der Waals surface area contributed by atoms with Crippen LogP contribution in [-0.2, 0) is 7.05 Å². The van der Waals surface area contributed by atoms with Gasteiger partial charge in [0.05, 0.1) is 11.1 Å². The average molecular weight is 191 g/mol. The average Bonchev–Trinajstić information content (AvgIpc) is 2.46. The Kier molecular flexibility index (Phi) is 1.73. The zero-order chi connectivity index (χ0) is 10.3. The van der Waals surface area contributed by atoms with Crippen molar-refractivity contribution in [3.63, 3.8) is 0 Å². The second-order valence-corrected chi connectivity index (χ2v) is 3.17. The maximum absolute atomic E-state index is 10.8. The Morgan fingerprint density at radius 1 is 1.50 bits per heavy atom. The molecule has 0 aliphatic rings. The van der Waals surface area contributed by atoms with Crippen molar-refractivity contribution in [3.8, 4) is 0 Å². The molecule has 0 atom stereocenters. The van der Waals surface area contributed by atoms with Crippen LogP contribution in [0.5, 0.6) is 0 Å². The molecule has 1 aromatic carbocycles. The van der Waals surface area contributed by atoms with E-state index in [9.17, 15) is 4.79 Å². The second kappa shape index (κ2) is 2.80. The van der Waals surface area contributed by atoms with Crippen LogP contribution in [0.3, 0.4) is 0 Å². The van der Waals surface area contributed by atoms with Crippen LogP contribution in [0.1, 0.15) is 15.9 Å². The molecule has 0 unspecified atom stereocenters. The number of benzene rings is 1. The highest BCUT2D eigenvalue weighted by Crippen LogP contribution is 2.16. The summed E-state index contributed by atoms with van der Waals surface area (Å²) < 4.78 is 1.62. The molecule has 0 aliphatic carbocycles. The van der Waals surface area contributed by atoms with Crippen LogP contribution < -0.4 is 0 Å². The highest BCUT2D eigenvalue weighted by Gasteiger charge is 2.10. The summed E-state index contributed by atoms with van der Waals surface area (Å²) in [6.07, 6.45) is 0. The van der Waals surface area contributed by atoms with E-state index in [1.54, 1.807) is 30.8 Å². The number of aromatic carboxylic acids is 1.